The molecule has 1 aromatic heterocycles. The summed E-state index contributed by atoms with van der Waals surface area (Å²) in [7, 11) is 1.60. The molecule has 0 saturated carbocycles. The number of anilines is 1. The Labute approximate surface area is 134 Å². The maximum Gasteiger partial charge on any atom is 0.243 e. The van der Waals surface area contributed by atoms with Gasteiger partial charge in [0.2, 0.25) is 5.95 Å². The lowest BCUT2D eigenvalue weighted by Crippen LogP contribution is -2.10. The van der Waals surface area contributed by atoms with E-state index in [1.165, 1.54) is 0 Å². The van der Waals surface area contributed by atoms with Gasteiger partial charge in [-0.2, -0.15) is 0 Å². The molecule has 0 radical (unpaired) electrons. The Bertz CT molecular complexity index is 617. The van der Waals surface area contributed by atoms with Gasteiger partial charge >= 0.3 is 0 Å². The van der Waals surface area contributed by atoms with E-state index >= 15 is 0 Å². The van der Waals surface area contributed by atoms with Crippen LogP contribution < -0.4 is 14.8 Å². The second-order valence-corrected chi connectivity index (χ2v) is 5.05. The molecule has 0 unspecified atom stereocenters. The summed E-state index contributed by atoms with van der Waals surface area (Å²) in [4.78, 5) is 0. The first-order valence-electron chi connectivity index (χ1n) is 7.18. The molecule has 0 fully saturated rings. The highest BCUT2D eigenvalue weighted by molar-refractivity contribution is 6.30. The summed E-state index contributed by atoms with van der Waals surface area (Å²) in [5.41, 5.74) is 0.892. The van der Waals surface area contributed by atoms with Crippen molar-refractivity contribution in [3.05, 3.63) is 22.7 Å². The van der Waals surface area contributed by atoms with Gasteiger partial charge in [-0.15, -0.1) is 0 Å². The standard InChI is InChI=1S/C14H20ClN5O2/c1-4-6-22-13-10(7-11(15)8-12(13)21-3)9-16-14-17-18-19-20(14)5-2/h7-8H,4-6,9H2,1-3H3,(H,16,17,19). The zero-order chi connectivity index (χ0) is 15.9. The molecule has 0 aliphatic rings. The van der Waals surface area contributed by atoms with Crippen molar-refractivity contribution in [1.82, 2.24) is 20.2 Å². The maximum atomic E-state index is 6.15. The minimum Gasteiger partial charge on any atom is -0.493 e. The summed E-state index contributed by atoms with van der Waals surface area (Å²) in [6, 6.07) is 3.59. The van der Waals surface area contributed by atoms with Crippen molar-refractivity contribution >= 4 is 17.5 Å². The molecule has 2 aromatic rings. The first-order chi connectivity index (χ1) is 10.7. The van der Waals surface area contributed by atoms with Gasteiger partial charge < -0.3 is 14.8 Å². The van der Waals surface area contributed by atoms with E-state index in [4.69, 9.17) is 21.1 Å². The van der Waals surface area contributed by atoms with Crippen LogP contribution in [0.25, 0.3) is 0 Å². The van der Waals surface area contributed by atoms with Gasteiger partial charge in [0.15, 0.2) is 11.5 Å². The number of aromatic nitrogens is 4. The summed E-state index contributed by atoms with van der Waals surface area (Å²) in [6.07, 6.45) is 0.909. The highest BCUT2D eigenvalue weighted by atomic mass is 35.5. The summed E-state index contributed by atoms with van der Waals surface area (Å²) in [5, 5.41) is 15.3. The number of aryl methyl sites for hydroxylation is 1. The number of nitrogens with one attached hydrogen (secondary N) is 1. The van der Waals surface area contributed by atoms with Gasteiger partial charge in [-0.05, 0) is 29.8 Å². The van der Waals surface area contributed by atoms with Crippen molar-refractivity contribution in [3.8, 4) is 11.5 Å². The lowest BCUT2D eigenvalue weighted by molar-refractivity contribution is 0.291. The Balaban J connectivity index is 2.22. The average molecular weight is 326 g/mol. The van der Waals surface area contributed by atoms with E-state index in [1.54, 1.807) is 17.9 Å². The number of nitrogens with zero attached hydrogens (tertiary/aromatic N) is 4. The van der Waals surface area contributed by atoms with E-state index in [9.17, 15) is 0 Å². The summed E-state index contributed by atoms with van der Waals surface area (Å²) in [6.45, 7) is 5.80. The monoisotopic (exact) mass is 325 g/mol. The van der Waals surface area contributed by atoms with Crippen molar-refractivity contribution in [1.29, 1.82) is 0 Å². The zero-order valence-electron chi connectivity index (χ0n) is 13.0. The van der Waals surface area contributed by atoms with E-state index in [0.717, 1.165) is 12.0 Å². The summed E-state index contributed by atoms with van der Waals surface area (Å²) in [5.74, 6) is 1.91. The molecule has 0 aliphatic carbocycles. The predicted octanol–water partition coefficient (Wildman–Crippen LogP) is 2.76. The molecule has 0 atom stereocenters. The number of benzene rings is 1. The SMILES string of the molecule is CCCOc1c(CNc2nnnn2CC)cc(Cl)cc1OC. The lowest BCUT2D eigenvalue weighted by atomic mass is 10.2. The van der Waals surface area contributed by atoms with Gasteiger partial charge in [-0.1, -0.05) is 23.6 Å². The van der Waals surface area contributed by atoms with Crippen LogP contribution in [-0.2, 0) is 13.1 Å². The van der Waals surface area contributed by atoms with Crippen molar-refractivity contribution in [2.45, 2.75) is 33.4 Å². The van der Waals surface area contributed by atoms with Crippen molar-refractivity contribution in [3.63, 3.8) is 0 Å². The van der Waals surface area contributed by atoms with Gasteiger partial charge in [0, 0.05) is 29.7 Å². The van der Waals surface area contributed by atoms with Crippen LogP contribution in [0, 0.1) is 0 Å². The third-order valence-corrected chi connectivity index (χ3v) is 3.25. The Morgan fingerprint density at radius 3 is 2.82 bits per heavy atom. The van der Waals surface area contributed by atoms with E-state index in [1.807, 2.05) is 13.0 Å². The smallest absolute Gasteiger partial charge is 0.243 e. The fourth-order valence-electron chi connectivity index (χ4n) is 1.99. The van der Waals surface area contributed by atoms with Gasteiger partial charge in [0.05, 0.1) is 13.7 Å². The minimum absolute atomic E-state index is 0.482. The molecule has 120 valence electrons. The Morgan fingerprint density at radius 1 is 1.32 bits per heavy atom. The first-order valence-corrected chi connectivity index (χ1v) is 7.56. The van der Waals surface area contributed by atoms with Crippen LogP contribution in [0.5, 0.6) is 11.5 Å². The third-order valence-electron chi connectivity index (χ3n) is 3.04. The highest BCUT2D eigenvalue weighted by Crippen LogP contribution is 2.35. The second kappa shape index (κ2) is 7.84. The van der Waals surface area contributed by atoms with Crippen LogP contribution in [0.2, 0.25) is 5.02 Å². The number of halogens is 1. The second-order valence-electron chi connectivity index (χ2n) is 4.62. The highest BCUT2D eigenvalue weighted by Gasteiger charge is 2.14. The molecular weight excluding hydrogens is 306 g/mol. The Hall–Kier alpha value is -2.02. The van der Waals surface area contributed by atoms with Crippen LogP contribution in [-0.4, -0.2) is 33.9 Å². The molecule has 7 nitrogen and oxygen atoms in total. The van der Waals surface area contributed by atoms with Crippen LogP contribution in [0.1, 0.15) is 25.8 Å². The van der Waals surface area contributed by atoms with Gasteiger partial charge in [0.1, 0.15) is 0 Å². The summed E-state index contributed by atoms with van der Waals surface area (Å²) < 4.78 is 12.8. The first kappa shape index (κ1) is 16.4. The number of tetrazole rings is 1. The molecule has 22 heavy (non-hydrogen) atoms. The number of ether oxygens (including phenoxy) is 2. The van der Waals surface area contributed by atoms with Crippen molar-refractivity contribution < 1.29 is 9.47 Å². The van der Waals surface area contributed by atoms with Gasteiger partial charge in [-0.3, -0.25) is 0 Å². The van der Waals surface area contributed by atoms with Crippen molar-refractivity contribution in [2.75, 3.05) is 19.0 Å². The molecule has 2 rings (SSSR count). The molecule has 0 bridgehead atoms. The minimum atomic E-state index is 0.482. The molecule has 1 heterocycles. The average Bonchev–Trinajstić information content (AvgIpc) is 2.98. The van der Waals surface area contributed by atoms with E-state index in [-0.39, 0.29) is 0 Å². The molecule has 1 N–H and O–H groups in total. The Morgan fingerprint density at radius 2 is 2.14 bits per heavy atom. The molecular formula is C14H20ClN5O2. The fraction of sp³-hybridized carbons (Fsp3) is 0.500. The third kappa shape index (κ3) is 3.79. The number of methoxy groups -OCH3 is 1. The van der Waals surface area contributed by atoms with Crippen LogP contribution in [0.4, 0.5) is 5.95 Å². The molecule has 8 heteroatoms. The number of hydrogen-bond acceptors (Lipinski definition) is 6. The maximum absolute atomic E-state index is 6.15. The molecule has 0 amide bonds. The molecule has 0 spiro atoms. The summed E-state index contributed by atoms with van der Waals surface area (Å²) >= 11 is 6.15. The lowest BCUT2D eigenvalue weighted by Gasteiger charge is -2.16. The quantitative estimate of drug-likeness (QED) is 0.804. The number of hydrogen-bond donors (Lipinski definition) is 1. The molecule has 0 aliphatic heterocycles. The van der Waals surface area contributed by atoms with E-state index < -0.39 is 0 Å². The van der Waals surface area contributed by atoms with E-state index in [0.29, 0.717) is 42.2 Å². The Kier molecular flexibility index (Phi) is 5.83. The molecule has 0 saturated heterocycles. The van der Waals surface area contributed by atoms with Crippen LogP contribution in [0.3, 0.4) is 0 Å². The predicted molar refractivity (Wildman–Crippen MR) is 84.6 cm³/mol. The van der Waals surface area contributed by atoms with Crippen molar-refractivity contribution in [2.24, 2.45) is 0 Å². The van der Waals surface area contributed by atoms with E-state index in [2.05, 4.69) is 27.8 Å². The van der Waals surface area contributed by atoms with Gasteiger partial charge in [0.25, 0.3) is 0 Å². The number of rotatable bonds is 8. The van der Waals surface area contributed by atoms with Crippen LogP contribution >= 0.6 is 11.6 Å². The van der Waals surface area contributed by atoms with Crippen LogP contribution in [0.15, 0.2) is 12.1 Å². The topological polar surface area (TPSA) is 74.1 Å². The van der Waals surface area contributed by atoms with Gasteiger partial charge in [-0.25, -0.2) is 4.68 Å². The zero-order valence-corrected chi connectivity index (χ0v) is 13.7. The largest absolute Gasteiger partial charge is 0.493 e. The normalized spacial score (nSPS) is 10.5. The molecule has 1 aromatic carbocycles. The fourth-order valence-corrected chi connectivity index (χ4v) is 2.22.